The van der Waals surface area contributed by atoms with E-state index in [2.05, 4.69) is 59.3 Å². The third-order valence-corrected chi connectivity index (χ3v) is 5.70. The highest BCUT2D eigenvalue weighted by molar-refractivity contribution is 5.78. The number of carbonyl (C=O) groups is 1. The van der Waals surface area contributed by atoms with E-state index in [1.165, 1.54) is 11.1 Å². The molecule has 6 nitrogen and oxygen atoms in total. The first-order chi connectivity index (χ1) is 14.6. The Morgan fingerprint density at radius 2 is 1.93 bits per heavy atom. The van der Waals surface area contributed by atoms with Crippen LogP contribution in [0.2, 0.25) is 0 Å². The summed E-state index contributed by atoms with van der Waals surface area (Å²) >= 11 is 0. The third kappa shape index (κ3) is 4.58. The lowest BCUT2D eigenvalue weighted by Crippen LogP contribution is -2.33. The summed E-state index contributed by atoms with van der Waals surface area (Å²) in [5.74, 6) is 0.895. The minimum atomic E-state index is -0.204. The number of nitrogens with one attached hydrogen (secondary N) is 1. The number of imidazole rings is 1. The van der Waals surface area contributed by atoms with Crippen LogP contribution in [0.15, 0.2) is 48.5 Å². The van der Waals surface area contributed by atoms with Crippen molar-refractivity contribution in [3.63, 3.8) is 0 Å². The molecule has 0 aliphatic carbocycles. The largest absolute Gasteiger partial charge is 0.450 e. The maximum absolute atomic E-state index is 12.1. The second-order valence-electron chi connectivity index (χ2n) is 7.95. The molecule has 2 aromatic carbocycles. The summed E-state index contributed by atoms with van der Waals surface area (Å²) in [5, 5.41) is 3.68. The lowest BCUT2D eigenvalue weighted by Gasteiger charge is -2.20. The van der Waals surface area contributed by atoms with E-state index < -0.39 is 0 Å². The number of likely N-dealkylation sites (tertiary alicyclic amines) is 1. The molecule has 1 aliphatic heterocycles. The van der Waals surface area contributed by atoms with E-state index in [1.54, 1.807) is 0 Å². The summed E-state index contributed by atoms with van der Waals surface area (Å²) in [4.78, 5) is 18.8. The van der Waals surface area contributed by atoms with Crippen LogP contribution in [0.1, 0.15) is 37.3 Å². The number of hydrogen-bond acceptors (Lipinski definition) is 4. The average Bonchev–Trinajstić information content (AvgIpc) is 2.92. The maximum atomic E-state index is 12.1. The van der Waals surface area contributed by atoms with Gasteiger partial charge < -0.3 is 19.5 Å². The summed E-state index contributed by atoms with van der Waals surface area (Å²) in [6, 6.07) is 17.2. The molecule has 6 heteroatoms. The standard InChI is InChI=1S/C24H30N4O2/c1-3-30-24(29)27-15-6-7-20(14-16-27)25-23-26-21-8-4-5-9-22(21)28(23)17-19-12-10-18(2)11-13-19/h4-5,8-13,20H,3,6-7,14-17H2,1-2H3,(H,25,26). The molecule has 0 spiro atoms. The minimum absolute atomic E-state index is 0.204. The number of fused-ring (bicyclic) bond motifs is 1. The van der Waals surface area contributed by atoms with E-state index in [1.807, 2.05) is 17.9 Å². The van der Waals surface area contributed by atoms with Crippen molar-refractivity contribution in [1.82, 2.24) is 14.5 Å². The molecular formula is C24H30N4O2. The third-order valence-electron chi connectivity index (χ3n) is 5.70. The number of benzene rings is 2. The molecule has 1 atom stereocenters. The van der Waals surface area contributed by atoms with Crippen LogP contribution in [0, 0.1) is 6.92 Å². The number of carbonyl (C=O) groups excluding carboxylic acids is 1. The molecule has 1 aliphatic rings. The Labute approximate surface area is 177 Å². The smallest absolute Gasteiger partial charge is 0.409 e. The topological polar surface area (TPSA) is 59.4 Å². The van der Waals surface area contributed by atoms with Crippen LogP contribution in [0.5, 0.6) is 0 Å². The van der Waals surface area contributed by atoms with Gasteiger partial charge in [0.15, 0.2) is 0 Å². The van der Waals surface area contributed by atoms with Crippen LogP contribution in [0.3, 0.4) is 0 Å². The summed E-state index contributed by atoms with van der Waals surface area (Å²) in [7, 11) is 0. The number of nitrogens with zero attached hydrogens (tertiary/aromatic N) is 3. The fraction of sp³-hybridized carbons (Fsp3) is 0.417. The number of rotatable bonds is 5. The highest BCUT2D eigenvalue weighted by Crippen LogP contribution is 2.24. The number of aromatic nitrogens is 2. The van der Waals surface area contributed by atoms with Crippen LogP contribution in [0.4, 0.5) is 10.7 Å². The van der Waals surface area contributed by atoms with Gasteiger partial charge in [0.1, 0.15) is 0 Å². The minimum Gasteiger partial charge on any atom is -0.450 e. The second-order valence-corrected chi connectivity index (χ2v) is 7.95. The van der Waals surface area contributed by atoms with E-state index in [9.17, 15) is 4.79 Å². The first kappa shape index (κ1) is 20.3. The molecule has 4 rings (SSSR count). The van der Waals surface area contributed by atoms with E-state index in [4.69, 9.17) is 9.72 Å². The van der Waals surface area contributed by atoms with Crippen molar-refractivity contribution < 1.29 is 9.53 Å². The van der Waals surface area contributed by atoms with Gasteiger partial charge in [-0.1, -0.05) is 42.0 Å². The molecule has 158 valence electrons. The monoisotopic (exact) mass is 406 g/mol. The Bertz CT molecular complexity index is 996. The molecule has 0 radical (unpaired) electrons. The number of aryl methyl sites for hydroxylation is 1. The molecule has 2 heterocycles. The highest BCUT2D eigenvalue weighted by Gasteiger charge is 2.23. The van der Waals surface area contributed by atoms with Crippen LogP contribution in [0.25, 0.3) is 11.0 Å². The van der Waals surface area contributed by atoms with Gasteiger partial charge in [-0.05, 0) is 50.8 Å². The first-order valence-electron chi connectivity index (χ1n) is 10.8. The van der Waals surface area contributed by atoms with Gasteiger partial charge in [-0.2, -0.15) is 0 Å². The van der Waals surface area contributed by atoms with Gasteiger partial charge in [-0.25, -0.2) is 9.78 Å². The predicted molar refractivity (Wildman–Crippen MR) is 120 cm³/mol. The molecule has 1 unspecified atom stereocenters. The number of hydrogen-bond donors (Lipinski definition) is 1. The van der Waals surface area contributed by atoms with Crippen molar-refractivity contribution in [2.45, 2.75) is 45.7 Å². The molecule has 1 saturated heterocycles. The lowest BCUT2D eigenvalue weighted by molar-refractivity contribution is 0.108. The van der Waals surface area contributed by atoms with E-state index >= 15 is 0 Å². The number of anilines is 1. The second kappa shape index (κ2) is 9.20. The fourth-order valence-electron chi connectivity index (χ4n) is 4.04. The van der Waals surface area contributed by atoms with Crippen LogP contribution < -0.4 is 5.32 Å². The zero-order valence-electron chi connectivity index (χ0n) is 17.8. The Hall–Kier alpha value is -3.02. The Kier molecular flexibility index (Phi) is 6.21. The van der Waals surface area contributed by atoms with Crippen LogP contribution in [-0.2, 0) is 11.3 Å². The van der Waals surface area contributed by atoms with Gasteiger partial charge in [0.05, 0.1) is 24.2 Å². The van der Waals surface area contributed by atoms with Gasteiger partial charge in [-0.15, -0.1) is 0 Å². The molecule has 1 fully saturated rings. The molecule has 1 N–H and O–H groups in total. The SMILES string of the molecule is CCOC(=O)N1CCCC(Nc2nc3ccccc3n2Cc2ccc(C)cc2)CC1. The molecular weight excluding hydrogens is 376 g/mol. The summed E-state index contributed by atoms with van der Waals surface area (Å²) in [6.45, 7) is 6.59. The molecule has 0 bridgehead atoms. The molecule has 3 aromatic rings. The lowest BCUT2D eigenvalue weighted by atomic mass is 10.1. The Balaban J connectivity index is 1.53. The van der Waals surface area contributed by atoms with E-state index in [0.29, 0.717) is 13.2 Å². The van der Waals surface area contributed by atoms with Gasteiger partial charge in [0, 0.05) is 19.1 Å². The molecule has 1 aromatic heterocycles. The molecule has 30 heavy (non-hydrogen) atoms. The summed E-state index contributed by atoms with van der Waals surface area (Å²) in [6.07, 6.45) is 2.63. The van der Waals surface area contributed by atoms with Crippen LogP contribution in [-0.4, -0.2) is 46.3 Å². The van der Waals surface area contributed by atoms with Gasteiger partial charge in [-0.3, -0.25) is 0 Å². The maximum Gasteiger partial charge on any atom is 0.409 e. The summed E-state index contributed by atoms with van der Waals surface area (Å²) < 4.78 is 7.43. The first-order valence-corrected chi connectivity index (χ1v) is 10.8. The Morgan fingerprint density at radius 1 is 1.13 bits per heavy atom. The van der Waals surface area contributed by atoms with Crippen molar-refractivity contribution in [2.75, 3.05) is 25.0 Å². The highest BCUT2D eigenvalue weighted by atomic mass is 16.6. The predicted octanol–water partition coefficient (Wildman–Crippen LogP) is 4.82. The Morgan fingerprint density at radius 3 is 2.73 bits per heavy atom. The summed E-state index contributed by atoms with van der Waals surface area (Å²) in [5.41, 5.74) is 4.63. The zero-order chi connectivity index (χ0) is 20.9. The van der Waals surface area contributed by atoms with Crippen molar-refractivity contribution in [2.24, 2.45) is 0 Å². The zero-order valence-corrected chi connectivity index (χ0v) is 17.8. The molecule has 0 saturated carbocycles. The van der Waals surface area contributed by atoms with Gasteiger partial charge in [0.2, 0.25) is 5.95 Å². The van der Waals surface area contributed by atoms with E-state index in [0.717, 1.165) is 49.3 Å². The number of amides is 1. The molecule has 1 amide bonds. The number of ether oxygens (including phenoxy) is 1. The van der Waals surface area contributed by atoms with Gasteiger partial charge in [0.25, 0.3) is 0 Å². The van der Waals surface area contributed by atoms with Crippen molar-refractivity contribution in [3.8, 4) is 0 Å². The van der Waals surface area contributed by atoms with Crippen LogP contribution >= 0.6 is 0 Å². The van der Waals surface area contributed by atoms with E-state index in [-0.39, 0.29) is 12.1 Å². The number of para-hydroxylation sites is 2. The quantitative estimate of drug-likeness (QED) is 0.660. The van der Waals surface area contributed by atoms with Crippen molar-refractivity contribution in [1.29, 1.82) is 0 Å². The van der Waals surface area contributed by atoms with Gasteiger partial charge >= 0.3 is 6.09 Å². The normalized spacial score (nSPS) is 17.0. The van der Waals surface area contributed by atoms with Crippen molar-refractivity contribution >= 4 is 23.1 Å². The fourth-order valence-corrected chi connectivity index (χ4v) is 4.04. The van der Waals surface area contributed by atoms with Crippen molar-refractivity contribution in [3.05, 3.63) is 59.7 Å². The average molecular weight is 407 g/mol.